The van der Waals surface area contributed by atoms with Crippen LogP contribution in [0.1, 0.15) is 33.1 Å². The molecule has 0 saturated carbocycles. The summed E-state index contributed by atoms with van der Waals surface area (Å²) < 4.78 is 0.427. The monoisotopic (exact) mass is 169 g/mol. The number of nitrogens with zero attached hydrogens (tertiary/aromatic N) is 1. The van der Waals surface area contributed by atoms with Crippen LogP contribution in [-0.4, -0.2) is 10.5 Å². The normalized spacial score (nSPS) is 28.3. The second-order valence-electron chi connectivity index (χ2n) is 3.63. The molecule has 0 spiro atoms. The summed E-state index contributed by atoms with van der Waals surface area (Å²) in [7, 11) is 0. The van der Waals surface area contributed by atoms with E-state index in [1.54, 1.807) is 0 Å². The van der Waals surface area contributed by atoms with Crippen molar-refractivity contribution in [2.75, 3.05) is 5.75 Å². The summed E-state index contributed by atoms with van der Waals surface area (Å²) in [5, 5.41) is 8.44. The van der Waals surface area contributed by atoms with Gasteiger partial charge in [-0.05, 0) is 24.5 Å². The van der Waals surface area contributed by atoms with Crippen LogP contribution in [0.25, 0.3) is 0 Å². The van der Waals surface area contributed by atoms with E-state index in [9.17, 15) is 0 Å². The predicted molar refractivity (Wildman–Crippen MR) is 49.5 cm³/mol. The molecule has 2 heteroatoms. The van der Waals surface area contributed by atoms with Crippen LogP contribution >= 0.6 is 11.8 Å². The topological polar surface area (TPSA) is 23.8 Å². The minimum absolute atomic E-state index is 0.427. The number of nitriles is 1. The van der Waals surface area contributed by atoms with Gasteiger partial charge in [-0.3, -0.25) is 0 Å². The van der Waals surface area contributed by atoms with Gasteiger partial charge in [0.2, 0.25) is 0 Å². The van der Waals surface area contributed by atoms with Crippen molar-refractivity contribution in [1.82, 2.24) is 0 Å². The largest absolute Gasteiger partial charge is 0.198 e. The Bertz CT molecular complexity index is 169. The maximum absolute atomic E-state index is 8.44. The summed E-state index contributed by atoms with van der Waals surface area (Å²) in [6.45, 7) is 4.60. The van der Waals surface area contributed by atoms with Crippen LogP contribution in [0, 0.1) is 17.2 Å². The molecule has 1 unspecified atom stereocenters. The van der Waals surface area contributed by atoms with Crippen molar-refractivity contribution >= 4 is 11.8 Å². The molecule has 1 atom stereocenters. The van der Waals surface area contributed by atoms with Crippen molar-refractivity contribution < 1.29 is 0 Å². The molecule has 1 nitrogen and oxygen atoms in total. The van der Waals surface area contributed by atoms with Gasteiger partial charge in [0.15, 0.2) is 0 Å². The zero-order valence-corrected chi connectivity index (χ0v) is 8.08. The Labute approximate surface area is 73.2 Å². The summed E-state index contributed by atoms with van der Waals surface area (Å²) in [5.41, 5.74) is 0. The zero-order chi connectivity index (χ0) is 8.32. The van der Waals surface area contributed by atoms with Crippen molar-refractivity contribution in [2.45, 2.75) is 37.9 Å². The first-order chi connectivity index (χ1) is 5.17. The first kappa shape index (κ1) is 8.93. The molecule has 0 amide bonds. The molecule has 1 heterocycles. The van der Waals surface area contributed by atoms with Crippen molar-refractivity contribution in [3.8, 4) is 6.07 Å². The maximum Gasteiger partial charge on any atom is 0.0621 e. The van der Waals surface area contributed by atoms with Crippen LogP contribution in [0.15, 0.2) is 0 Å². The van der Waals surface area contributed by atoms with Crippen LogP contribution in [0.2, 0.25) is 0 Å². The molecule has 1 rings (SSSR count). The Balaban J connectivity index is 2.40. The highest BCUT2D eigenvalue weighted by atomic mass is 32.2. The average Bonchev–Trinajstić information content (AvgIpc) is 2.25. The van der Waals surface area contributed by atoms with Crippen LogP contribution in [0.4, 0.5) is 0 Å². The van der Waals surface area contributed by atoms with Gasteiger partial charge in [0.25, 0.3) is 0 Å². The summed E-state index contributed by atoms with van der Waals surface area (Å²) in [6.07, 6.45) is 3.13. The van der Waals surface area contributed by atoms with Gasteiger partial charge < -0.3 is 0 Å². The van der Waals surface area contributed by atoms with E-state index in [2.05, 4.69) is 19.9 Å². The Hall–Kier alpha value is -0.160. The lowest BCUT2D eigenvalue weighted by molar-refractivity contribution is 0.411. The molecule has 0 aromatic carbocycles. The Morgan fingerprint density at radius 2 is 2.36 bits per heavy atom. The van der Waals surface area contributed by atoms with Crippen LogP contribution in [-0.2, 0) is 0 Å². The highest BCUT2D eigenvalue weighted by Crippen LogP contribution is 2.44. The highest BCUT2D eigenvalue weighted by Gasteiger charge is 2.34. The number of hydrogen-bond donors (Lipinski definition) is 0. The summed E-state index contributed by atoms with van der Waals surface area (Å²) in [4.78, 5) is 0. The fraction of sp³-hybridized carbons (Fsp3) is 0.889. The van der Waals surface area contributed by atoms with Crippen molar-refractivity contribution in [3.63, 3.8) is 0 Å². The predicted octanol–water partition coefficient (Wildman–Crippen LogP) is 2.82. The molecule has 11 heavy (non-hydrogen) atoms. The third-order valence-corrected chi connectivity index (χ3v) is 4.05. The standard InChI is InChI=1S/C9H15NS/c1-9(2)8(4-3-6-10)5-7-11-9/h8H,3-5,7H2,1-2H3. The Kier molecular flexibility index (Phi) is 2.84. The van der Waals surface area contributed by atoms with Gasteiger partial charge in [-0.1, -0.05) is 13.8 Å². The molecule has 1 aliphatic heterocycles. The number of thioether (sulfide) groups is 1. The molecule has 0 N–H and O–H groups in total. The van der Waals surface area contributed by atoms with Gasteiger partial charge in [0, 0.05) is 11.2 Å². The molecule has 1 aliphatic rings. The second-order valence-corrected chi connectivity index (χ2v) is 5.38. The molecule has 1 fully saturated rings. The quantitative estimate of drug-likeness (QED) is 0.634. The average molecular weight is 169 g/mol. The minimum Gasteiger partial charge on any atom is -0.198 e. The first-order valence-electron chi connectivity index (χ1n) is 4.18. The van der Waals surface area contributed by atoms with E-state index < -0.39 is 0 Å². The first-order valence-corrected chi connectivity index (χ1v) is 5.16. The SMILES string of the molecule is CC1(C)SCCC1CCC#N. The molecular weight excluding hydrogens is 154 g/mol. The van der Waals surface area contributed by atoms with Gasteiger partial charge in [-0.25, -0.2) is 0 Å². The van der Waals surface area contributed by atoms with E-state index in [4.69, 9.17) is 5.26 Å². The van der Waals surface area contributed by atoms with Gasteiger partial charge in [0.05, 0.1) is 6.07 Å². The molecule has 1 saturated heterocycles. The third kappa shape index (κ3) is 2.13. The van der Waals surface area contributed by atoms with Crippen LogP contribution in [0.3, 0.4) is 0 Å². The fourth-order valence-electron chi connectivity index (χ4n) is 1.66. The maximum atomic E-state index is 8.44. The lowest BCUT2D eigenvalue weighted by atomic mass is 9.89. The lowest BCUT2D eigenvalue weighted by Gasteiger charge is -2.24. The van der Waals surface area contributed by atoms with Gasteiger partial charge >= 0.3 is 0 Å². The highest BCUT2D eigenvalue weighted by molar-refractivity contribution is 8.00. The second kappa shape index (κ2) is 3.49. The minimum atomic E-state index is 0.427. The van der Waals surface area contributed by atoms with E-state index in [0.29, 0.717) is 4.75 Å². The van der Waals surface area contributed by atoms with E-state index >= 15 is 0 Å². The van der Waals surface area contributed by atoms with Gasteiger partial charge in [-0.2, -0.15) is 17.0 Å². The summed E-state index contributed by atoms with van der Waals surface area (Å²) in [5.74, 6) is 2.05. The van der Waals surface area contributed by atoms with E-state index in [-0.39, 0.29) is 0 Å². The molecular formula is C9H15NS. The van der Waals surface area contributed by atoms with Gasteiger partial charge in [0.1, 0.15) is 0 Å². The lowest BCUT2D eigenvalue weighted by Crippen LogP contribution is -2.21. The Morgan fingerprint density at radius 1 is 1.64 bits per heavy atom. The number of rotatable bonds is 2. The molecule has 0 aromatic rings. The van der Waals surface area contributed by atoms with Crippen LogP contribution < -0.4 is 0 Å². The van der Waals surface area contributed by atoms with E-state index in [1.165, 1.54) is 12.2 Å². The summed E-state index contributed by atoms with van der Waals surface area (Å²) in [6, 6.07) is 2.22. The zero-order valence-electron chi connectivity index (χ0n) is 7.26. The molecule has 0 aliphatic carbocycles. The fourth-order valence-corrected chi connectivity index (χ4v) is 3.06. The van der Waals surface area contributed by atoms with E-state index in [0.717, 1.165) is 18.8 Å². The third-order valence-electron chi connectivity index (χ3n) is 2.53. The molecule has 0 aromatic heterocycles. The molecule has 0 bridgehead atoms. The smallest absolute Gasteiger partial charge is 0.0621 e. The van der Waals surface area contributed by atoms with Crippen LogP contribution in [0.5, 0.6) is 0 Å². The van der Waals surface area contributed by atoms with Crippen molar-refractivity contribution in [1.29, 1.82) is 5.26 Å². The van der Waals surface area contributed by atoms with Crippen molar-refractivity contribution in [2.24, 2.45) is 5.92 Å². The summed E-state index contributed by atoms with van der Waals surface area (Å²) >= 11 is 2.05. The van der Waals surface area contributed by atoms with E-state index in [1.807, 2.05) is 11.8 Å². The molecule has 0 radical (unpaired) electrons. The number of hydrogen-bond acceptors (Lipinski definition) is 2. The Morgan fingerprint density at radius 3 is 2.82 bits per heavy atom. The van der Waals surface area contributed by atoms with Crippen molar-refractivity contribution in [3.05, 3.63) is 0 Å². The molecule has 62 valence electrons. The van der Waals surface area contributed by atoms with Gasteiger partial charge in [-0.15, -0.1) is 0 Å².